The van der Waals surface area contributed by atoms with E-state index in [9.17, 15) is 0 Å². The molecular formula is C80H80BClN4. The van der Waals surface area contributed by atoms with E-state index >= 15 is 0 Å². The molecule has 2 heterocycles. The van der Waals surface area contributed by atoms with Crippen LogP contribution in [0.15, 0.2) is 231 Å². The lowest BCUT2D eigenvalue weighted by molar-refractivity contribution is 0.443. The van der Waals surface area contributed by atoms with E-state index in [0.717, 1.165) is 54.0 Å². The van der Waals surface area contributed by atoms with Crippen molar-refractivity contribution in [1.82, 2.24) is 0 Å². The Morgan fingerprint density at radius 2 is 0.686 bits per heavy atom. The lowest BCUT2D eigenvalue weighted by atomic mass is 9.33. The summed E-state index contributed by atoms with van der Waals surface area (Å²) in [6.07, 6.45) is 13.1. The van der Waals surface area contributed by atoms with E-state index in [-0.39, 0.29) is 6.71 Å². The predicted molar refractivity (Wildman–Crippen MR) is 372 cm³/mol. The molecule has 2 aliphatic heterocycles. The molecule has 0 bridgehead atoms. The van der Waals surface area contributed by atoms with Gasteiger partial charge in [0.2, 0.25) is 0 Å². The molecule has 0 N–H and O–H groups in total. The maximum Gasteiger partial charge on any atom is 0.252 e. The van der Waals surface area contributed by atoms with Gasteiger partial charge in [-0.1, -0.05) is 220 Å². The summed E-state index contributed by atoms with van der Waals surface area (Å²) in [5.74, 6) is 1.23. The van der Waals surface area contributed by atoms with Crippen molar-refractivity contribution in [3.8, 4) is 44.5 Å². The molecule has 0 radical (unpaired) electrons. The first-order valence-corrected chi connectivity index (χ1v) is 32.6. The van der Waals surface area contributed by atoms with Gasteiger partial charge >= 0.3 is 0 Å². The highest BCUT2D eigenvalue weighted by Crippen LogP contribution is 2.47. The Labute approximate surface area is 517 Å². The summed E-state index contributed by atoms with van der Waals surface area (Å²) in [5, 5.41) is 0.808. The van der Waals surface area contributed by atoms with Gasteiger partial charge in [0.25, 0.3) is 6.71 Å². The number of rotatable bonds is 14. The van der Waals surface area contributed by atoms with E-state index in [4.69, 9.17) is 11.6 Å². The molecule has 10 aromatic rings. The number of benzene rings is 10. The first-order chi connectivity index (χ1) is 42.4. The van der Waals surface area contributed by atoms with Crippen LogP contribution in [-0.2, 0) is 0 Å². The minimum atomic E-state index is 0.188. The molecule has 2 saturated carbocycles. The van der Waals surface area contributed by atoms with Crippen molar-refractivity contribution < 1.29 is 0 Å². The van der Waals surface area contributed by atoms with Crippen molar-refractivity contribution in [3.63, 3.8) is 0 Å². The summed E-state index contributed by atoms with van der Waals surface area (Å²) in [6.45, 7) is 12.8. The molecule has 0 amide bonds. The molecule has 14 rings (SSSR count). The van der Waals surface area contributed by atoms with Gasteiger partial charge in [0.1, 0.15) is 0 Å². The lowest BCUT2D eigenvalue weighted by Gasteiger charge is -2.44. The van der Waals surface area contributed by atoms with Crippen LogP contribution in [0.1, 0.15) is 115 Å². The normalized spacial score (nSPS) is 14.6. The number of nitrogens with zero attached hydrogens (tertiary/aromatic N) is 4. The van der Waals surface area contributed by atoms with Crippen LogP contribution in [-0.4, -0.2) is 32.9 Å². The highest BCUT2D eigenvalue weighted by Gasteiger charge is 2.43. The lowest BCUT2D eigenvalue weighted by Crippen LogP contribution is -2.62. The Kier molecular flexibility index (Phi) is 17.0. The molecule has 0 unspecified atom stereocenters. The summed E-state index contributed by atoms with van der Waals surface area (Å²) in [6, 6.07) is 85.0. The largest absolute Gasteiger partial charge is 0.343 e. The van der Waals surface area contributed by atoms with E-state index in [2.05, 4.69) is 278 Å². The minimum Gasteiger partial charge on any atom is -0.343 e. The Morgan fingerprint density at radius 1 is 0.360 bits per heavy atom. The van der Waals surface area contributed by atoms with Gasteiger partial charge in [-0.2, -0.15) is 0 Å². The van der Waals surface area contributed by atoms with Gasteiger partial charge in [0.05, 0.1) is 16.4 Å². The van der Waals surface area contributed by atoms with Gasteiger partial charge in [-0.15, -0.1) is 0 Å². The maximum absolute atomic E-state index is 7.44. The molecule has 0 aromatic heterocycles. The third-order valence-corrected chi connectivity index (χ3v) is 19.5. The van der Waals surface area contributed by atoms with E-state index in [1.54, 1.807) is 0 Å². The Bertz CT molecular complexity index is 3670. The van der Waals surface area contributed by atoms with Crippen LogP contribution in [0.3, 0.4) is 0 Å². The van der Waals surface area contributed by atoms with Crippen LogP contribution < -0.4 is 36.0 Å². The van der Waals surface area contributed by atoms with Crippen LogP contribution in [0.5, 0.6) is 0 Å². The van der Waals surface area contributed by atoms with Crippen LogP contribution in [0, 0.1) is 0 Å². The van der Waals surface area contributed by atoms with Gasteiger partial charge in [-0.3, -0.25) is 0 Å². The molecule has 2 fully saturated rings. The fourth-order valence-corrected chi connectivity index (χ4v) is 15.1. The zero-order valence-corrected chi connectivity index (χ0v) is 51.5. The van der Waals surface area contributed by atoms with E-state index in [0.29, 0.717) is 11.8 Å². The number of hydrogen-bond acceptors (Lipinski definition) is 4. The van der Waals surface area contributed by atoms with E-state index in [1.165, 1.54) is 159 Å². The van der Waals surface area contributed by atoms with Gasteiger partial charge in [-0.25, -0.2) is 0 Å². The van der Waals surface area contributed by atoms with Gasteiger partial charge in [0, 0.05) is 60.3 Å². The fourth-order valence-electron chi connectivity index (χ4n) is 14.8. The molecule has 86 heavy (non-hydrogen) atoms. The molecule has 6 heteroatoms. The monoisotopic (exact) mass is 1140 g/mol. The first-order valence-electron chi connectivity index (χ1n) is 32.2. The molecule has 4 aliphatic rings. The molecule has 0 saturated heterocycles. The van der Waals surface area contributed by atoms with Gasteiger partial charge in [-0.05, 0) is 198 Å². The highest BCUT2D eigenvalue weighted by molar-refractivity contribution is 7.00. The summed E-state index contributed by atoms with van der Waals surface area (Å²) in [4.78, 5) is 9.95. The van der Waals surface area contributed by atoms with Crippen LogP contribution in [0.4, 0.5) is 45.5 Å². The van der Waals surface area contributed by atoms with E-state index < -0.39 is 0 Å². The third-order valence-electron chi connectivity index (χ3n) is 19.1. The number of halogens is 1. The molecule has 430 valence electrons. The Hall–Kier alpha value is -8.25. The molecule has 4 nitrogen and oxygen atoms in total. The summed E-state index contributed by atoms with van der Waals surface area (Å²) in [5.41, 5.74) is 27.3. The zero-order chi connectivity index (χ0) is 58.5. The number of hydrogen-bond donors (Lipinski definition) is 0. The van der Waals surface area contributed by atoms with Crippen LogP contribution >= 0.6 is 11.6 Å². The second kappa shape index (κ2) is 25.8. The molecule has 2 aliphatic carbocycles. The second-order valence-corrected chi connectivity index (χ2v) is 24.4. The molecule has 0 spiro atoms. The Balaban J connectivity index is 0.000000160. The standard InChI is InChI=1S/C40H39BN2.C40H41ClN2/c1-3-42-36-22-20-31(28-14-8-5-9-15-28)24-34(36)41-35-25-32(29-16-10-6-11-17-29)21-23-37(35)43(4-2)39-27-33(26-38(42)40(39)41)30-18-12-7-13-19-30;1-3-42(36-24-20-33(21-25-36)30-14-8-5-9-15-30)38-28-35(32-18-12-7-13-19-32)29-39(40(38)41)43(4-2)37-26-22-34(23-27-37)31-16-10-6-11-17-31/h5-6,8-11,14-17,20-27,30H,3-4,7,12-13,18-19H2,1-2H3;5-6,8-11,14-17,20-29,32H,3-4,7,12-13,18-19H2,1-2H3. The van der Waals surface area contributed by atoms with Gasteiger partial charge in [0.15, 0.2) is 0 Å². The molecular weight excluding hydrogens is 1060 g/mol. The smallest absolute Gasteiger partial charge is 0.252 e. The van der Waals surface area contributed by atoms with Gasteiger partial charge < -0.3 is 19.6 Å². The van der Waals surface area contributed by atoms with Crippen molar-refractivity contribution >= 4 is 80.2 Å². The average Bonchev–Trinajstić information content (AvgIpc) is 0.746. The molecule has 10 aromatic carbocycles. The van der Waals surface area contributed by atoms with Crippen molar-refractivity contribution in [3.05, 3.63) is 247 Å². The highest BCUT2D eigenvalue weighted by atomic mass is 35.5. The minimum absolute atomic E-state index is 0.188. The summed E-state index contributed by atoms with van der Waals surface area (Å²) >= 11 is 7.44. The van der Waals surface area contributed by atoms with E-state index in [1.807, 2.05) is 0 Å². The SMILES string of the molecule is CCN(c1ccc(-c2ccccc2)cc1)c1cc(C2CCCCC2)cc(N(CC)c2ccc(-c3ccccc3)cc2)c1Cl.CCN1c2ccc(-c3ccccc3)cc2B2c3cc(-c4ccccc4)ccc3N(CC)c3cc(C4CCCCC4)cc1c32. The van der Waals surface area contributed by atoms with Crippen molar-refractivity contribution in [2.24, 2.45) is 0 Å². The zero-order valence-electron chi connectivity index (χ0n) is 50.7. The van der Waals surface area contributed by atoms with Crippen LogP contribution in [0.2, 0.25) is 5.02 Å². The maximum atomic E-state index is 7.44. The van der Waals surface area contributed by atoms with Crippen molar-refractivity contribution in [1.29, 1.82) is 0 Å². The van der Waals surface area contributed by atoms with Crippen molar-refractivity contribution in [2.45, 2.75) is 104 Å². The third kappa shape index (κ3) is 11.3. The second-order valence-electron chi connectivity index (χ2n) is 24.0. The van der Waals surface area contributed by atoms with Crippen molar-refractivity contribution in [2.75, 3.05) is 45.8 Å². The predicted octanol–water partition coefficient (Wildman–Crippen LogP) is 20.6. The number of fused-ring (bicyclic) bond motifs is 4. The average molecular weight is 1140 g/mol. The summed E-state index contributed by atoms with van der Waals surface area (Å²) < 4.78 is 0. The molecule has 0 atom stereocenters. The number of anilines is 8. The summed E-state index contributed by atoms with van der Waals surface area (Å²) in [7, 11) is 0. The fraction of sp³-hybridized carbons (Fsp3) is 0.250. The first kappa shape index (κ1) is 56.9. The topological polar surface area (TPSA) is 13.0 Å². The Morgan fingerprint density at radius 3 is 1.03 bits per heavy atom. The quantitative estimate of drug-likeness (QED) is 0.101. The van der Waals surface area contributed by atoms with Crippen LogP contribution in [0.25, 0.3) is 44.5 Å².